The van der Waals surface area contributed by atoms with Gasteiger partial charge < -0.3 is 20.5 Å². The Kier molecular flexibility index (Phi) is 10.3. The monoisotopic (exact) mass is 487 g/mol. The van der Waals surface area contributed by atoms with E-state index < -0.39 is 0 Å². The van der Waals surface area contributed by atoms with Crippen molar-refractivity contribution >= 4 is 41.7 Å². The molecule has 0 spiro atoms. The molecule has 2 aromatic carbocycles. The quantitative estimate of drug-likeness (QED) is 0.195. The van der Waals surface area contributed by atoms with Gasteiger partial charge in [-0.05, 0) is 36.8 Å². The third-order valence-electron chi connectivity index (χ3n) is 3.58. The fraction of sp³-hybridized carbons (Fsp3) is 0.316. The number of aryl methyl sites for hydroxylation is 1. The second kappa shape index (κ2) is 11.9. The van der Waals surface area contributed by atoms with E-state index in [1.807, 2.05) is 18.2 Å². The summed E-state index contributed by atoms with van der Waals surface area (Å²) >= 11 is 1.79. The molecule has 0 heterocycles. The Hall–Kier alpha value is -1.61. The molecule has 5 nitrogen and oxygen atoms in total. The first-order chi connectivity index (χ1) is 12.1. The average Bonchev–Trinajstić information content (AvgIpc) is 2.64. The van der Waals surface area contributed by atoms with Crippen LogP contribution in [0, 0.1) is 6.92 Å². The lowest BCUT2D eigenvalue weighted by Crippen LogP contribution is -2.33. The molecule has 2 aromatic rings. The van der Waals surface area contributed by atoms with E-state index in [9.17, 15) is 0 Å². The molecule has 0 aliphatic heterocycles. The summed E-state index contributed by atoms with van der Waals surface area (Å²) in [4.78, 5) is 5.62. The Bertz CT molecular complexity index is 708. The van der Waals surface area contributed by atoms with Crippen molar-refractivity contribution in [3.8, 4) is 11.5 Å². The molecule has 0 radical (unpaired) electrons. The molecular formula is C19H26IN3O2S. The second-order valence-corrected chi connectivity index (χ2v) is 6.65. The van der Waals surface area contributed by atoms with E-state index in [-0.39, 0.29) is 24.0 Å². The molecule has 0 aromatic heterocycles. The summed E-state index contributed by atoms with van der Waals surface area (Å²) in [5.74, 6) is 2.76. The van der Waals surface area contributed by atoms with Crippen LogP contribution in [-0.2, 0) is 6.54 Å². The minimum Gasteiger partial charge on any atom is -0.493 e. The molecule has 0 fully saturated rings. The van der Waals surface area contributed by atoms with E-state index in [1.165, 1.54) is 10.5 Å². The third-order valence-corrected chi connectivity index (χ3v) is 4.59. The van der Waals surface area contributed by atoms with Crippen LogP contribution < -0.4 is 20.5 Å². The zero-order chi connectivity index (χ0) is 18.1. The fourth-order valence-corrected chi connectivity index (χ4v) is 2.96. The Morgan fingerprint density at radius 1 is 1.08 bits per heavy atom. The number of nitrogens with zero attached hydrogens (tertiary/aromatic N) is 1. The maximum atomic E-state index is 5.92. The summed E-state index contributed by atoms with van der Waals surface area (Å²) in [5, 5.41) is 3.14. The van der Waals surface area contributed by atoms with Crippen LogP contribution in [-0.4, -0.2) is 32.5 Å². The number of nitrogens with one attached hydrogen (secondary N) is 1. The third kappa shape index (κ3) is 7.33. The Labute approximate surface area is 176 Å². The van der Waals surface area contributed by atoms with Gasteiger partial charge in [0.1, 0.15) is 0 Å². The number of benzene rings is 2. The lowest BCUT2D eigenvalue weighted by molar-refractivity contribution is 0.354. The van der Waals surface area contributed by atoms with Gasteiger partial charge in [-0.1, -0.05) is 23.8 Å². The van der Waals surface area contributed by atoms with Crippen LogP contribution in [0.15, 0.2) is 52.4 Å². The van der Waals surface area contributed by atoms with Crippen molar-refractivity contribution in [1.82, 2.24) is 5.32 Å². The van der Waals surface area contributed by atoms with Crippen LogP contribution in [0.5, 0.6) is 11.5 Å². The van der Waals surface area contributed by atoms with Gasteiger partial charge in [0.2, 0.25) is 0 Å². The first kappa shape index (κ1) is 22.4. The molecule has 0 aliphatic rings. The number of thioether (sulfide) groups is 1. The minimum absolute atomic E-state index is 0. The zero-order valence-electron chi connectivity index (χ0n) is 15.3. The van der Waals surface area contributed by atoms with Crippen LogP contribution in [0.25, 0.3) is 0 Å². The Morgan fingerprint density at radius 2 is 1.77 bits per heavy atom. The van der Waals surface area contributed by atoms with E-state index >= 15 is 0 Å². The molecule has 0 atom stereocenters. The smallest absolute Gasteiger partial charge is 0.188 e. The number of hydrogen-bond donors (Lipinski definition) is 2. The maximum Gasteiger partial charge on any atom is 0.188 e. The number of halogens is 1. The molecule has 7 heteroatoms. The topological polar surface area (TPSA) is 68.9 Å². The highest BCUT2D eigenvalue weighted by molar-refractivity contribution is 14.0. The van der Waals surface area contributed by atoms with Crippen molar-refractivity contribution in [2.24, 2.45) is 10.7 Å². The summed E-state index contributed by atoms with van der Waals surface area (Å²) in [6, 6.07) is 14.2. The van der Waals surface area contributed by atoms with Gasteiger partial charge in [-0.3, -0.25) is 0 Å². The molecule has 2 rings (SSSR count). The molecule has 0 bridgehead atoms. The number of nitrogens with two attached hydrogens (primary N) is 1. The molecule has 3 N–H and O–H groups in total. The van der Waals surface area contributed by atoms with Gasteiger partial charge in [0.25, 0.3) is 0 Å². The van der Waals surface area contributed by atoms with E-state index in [2.05, 4.69) is 41.5 Å². The summed E-state index contributed by atoms with van der Waals surface area (Å²) in [5.41, 5.74) is 8.20. The predicted molar refractivity (Wildman–Crippen MR) is 120 cm³/mol. The number of ether oxygens (including phenoxy) is 2. The van der Waals surface area contributed by atoms with E-state index in [4.69, 9.17) is 15.2 Å². The van der Waals surface area contributed by atoms with Gasteiger partial charge in [0.15, 0.2) is 17.5 Å². The van der Waals surface area contributed by atoms with Gasteiger partial charge in [-0.15, -0.1) is 35.7 Å². The van der Waals surface area contributed by atoms with E-state index in [1.54, 1.807) is 26.0 Å². The molecular weight excluding hydrogens is 461 g/mol. The molecule has 0 amide bonds. The van der Waals surface area contributed by atoms with Gasteiger partial charge in [0.05, 0.1) is 20.8 Å². The molecule has 26 heavy (non-hydrogen) atoms. The van der Waals surface area contributed by atoms with Crippen LogP contribution in [0.4, 0.5) is 0 Å². The van der Waals surface area contributed by atoms with Crippen LogP contribution in [0.1, 0.15) is 11.1 Å². The van der Waals surface area contributed by atoms with Gasteiger partial charge in [-0.25, -0.2) is 4.99 Å². The van der Waals surface area contributed by atoms with Gasteiger partial charge in [-0.2, -0.15) is 0 Å². The molecule has 0 saturated carbocycles. The summed E-state index contributed by atoms with van der Waals surface area (Å²) < 4.78 is 10.5. The first-order valence-electron chi connectivity index (χ1n) is 8.06. The summed E-state index contributed by atoms with van der Waals surface area (Å²) in [7, 11) is 3.23. The minimum atomic E-state index is 0. The number of methoxy groups -OCH3 is 2. The zero-order valence-corrected chi connectivity index (χ0v) is 18.5. The maximum absolute atomic E-state index is 5.92. The van der Waals surface area contributed by atoms with Crippen molar-refractivity contribution < 1.29 is 9.47 Å². The second-order valence-electron chi connectivity index (χ2n) is 5.48. The molecule has 142 valence electrons. The molecule has 0 aliphatic carbocycles. The van der Waals surface area contributed by atoms with E-state index in [0.717, 1.165) is 17.9 Å². The van der Waals surface area contributed by atoms with Crippen LogP contribution in [0.2, 0.25) is 0 Å². The highest BCUT2D eigenvalue weighted by Gasteiger charge is 2.04. The number of guanidine groups is 1. The van der Waals surface area contributed by atoms with Crippen LogP contribution in [0.3, 0.4) is 0 Å². The Morgan fingerprint density at radius 3 is 2.42 bits per heavy atom. The SMILES string of the molecule is COc1ccc(CN=C(N)NCCSc2ccc(C)cc2)cc1OC.I. The Balaban J connectivity index is 0.00000338. The van der Waals surface area contributed by atoms with Gasteiger partial charge >= 0.3 is 0 Å². The predicted octanol–water partition coefficient (Wildman–Crippen LogP) is 3.83. The van der Waals surface area contributed by atoms with Crippen LogP contribution >= 0.6 is 35.7 Å². The van der Waals surface area contributed by atoms with Crippen molar-refractivity contribution in [3.05, 3.63) is 53.6 Å². The van der Waals surface area contributed by atoms with Gasteiger partial charge in [0, 0.05) is 17.2 Å². The summed E-state index contributed by atoms with van der Waals surface area (Å²) in [6.07, 6.45) is 0. The lowest BCUT2D eigenvalue weighted by Gasteiger charge is -2.09. The highest BCUT2D eigenvalue weighted by atomic mass is 127. The number of aliphatic imine (C=N–C) groups is 1. The number of hydrogen-bond acceptors (Lipinski definition) is 4. The first-order valence-corrected chi connectivity index (χ1v) is 9.05. The average molecular weight is 487 g/mol. The summed E-state index contributed by atoms with van der Waals surface area (Å²) in [6.45, 7) is 3.34. The molecule has 0 unspecified atom stereocenters. The van der Waals surface area contributed by atoms with Crippen molar-refractivity contribution in [1.29, 1.82) is 0 Å². The highest BCUT2D eigenvalue weighted by Crippen LogP contribution is 2.27. The van der Waals surface area contributed by atoms with E-state index in [0.29, 0.717) is 24.0 Å². The largest absolute Gasteiger partial charge is 0.493 e. The van der Waals surface area contributed by atoms with Crippen molar-refractivity contribution in [2.45, 2.75) is 18.4 Å². The number of rotatable bonds is 8. The van der Waals surface area contributed by atoms with Crippen molar-refractivity contribution in [3.63, 3.8) is 0 Å². The normalized spacial score (nSPS) is 10.8. The standard InChI is InChI=1S/C19H25N3O2S.HI/c1-14-4-7-16(8-5-14)25-11-10-21-19(20)22-13-15-6-9-17(23-2)18(12-15)24-3;/h4-9,12H,10-11,13H2,1-3H3,(H3,20,21,22);1H. The lowest BCUT2D eigenvalue weighted by atomic mass is 10.2. The van der Waals surface area contributed by atoms with Crippen molar-refractivity contribution in [2.75, 3.05) is 26.5 Å². The molecule has 0 saturated heterocycles. The fourth-order valence-electron chi connectivity index (χ4n) is 2.19.